The summed E-state index contributed by atoms with van der Waals surface area (Å²) in [6.45, 7) is 3.20. The lowest BCUT2D eigenvalue weighted by atomic mass is 10.0. The fraction of sp³-hybridized carbons (Fsp3) is 0.273. The first-order valence-electron chi connectivity index (χ1n) is 9.51. The summed E-state index contributed by atoms with van der Waals surface area (Å²) >= 11 is 12.1. The summed E-state index contributed by atoms with van der Waals surface area (Å²) in [5.74, 6) is -0.289. The second-order valence-corrected chi connectivity index (χ2v) is 7.41. The van der Waals surface area contributed by atoms with E-state index in [-0.39, 0.29) is 23.7 Å². The molecule has 0 aliphatic carbocycles. The zero-order chi connectivity index (χ0) is 21.7. The van der Waals surface area contributed by atoms with E-state index >= 15 is 0 Å². The van der Waals surface area contributed by atoms with Gasteiger partial charge in [-0.1, -0.05) is 35.3 Å². The van der Waals surface area contributed by atoms with Gasteiger partial charge < -0.3 is 14.8 Å². The van der Waals surface area contributed by atoms with Crippen molar-refractivity contribution in [3.05, 3.63) is 63.8 Å². The van der Waals surface area contributed by atoms with Crippen molar-refractivity contribution >= 4 is 46.3 Å². The van der Waals surface area contributed by atoms with Gasteiger partial charge in [0.1, 0.15) is 11.4 Å². The topological polar surface area (TPSA) is 67.9 Å². The number of ether oxygens (including phenoxy) is 2. The molecule has 1 aliphatic heterocycles. The Labute approximate surface area is 185 Å². The van der Waals surface area contributed by atoms with Gasteiger partial charge in [-0.15, -0.1) is 0 Å². The highest BCUT2D eigenvalue weighted by Gasteiger charge is 2.39. The molecule has 0 spiro atoms. The van der Waals surface area contributed by atoms with Gasteiger partial charge in [0, 0.05) is 29.8 Å². The monoisotopic (exact) mass is 448 g/mol. The molecule has 6 nitrogen and oxygen atoms in total. The number of imide groups is 1. The average molecular weight is 449 g/mol. The van der Waals surface area contributed by atoms with Crippen molar-refractivity contribution < 1.29 is 19.1 Å². The number of hydrogen-bond acceptors (Lipinski definition) is 5. The third-order valence-corrected chi connectivity index (χ3v) is 5.08. The first-order chi connectivity index (χ1) is 14.5. The van der Waals surface area contributed by atoms with Crippen molar-refractivity contribution in [1.82, 2.24) is 4.90 Å². The molecule has 2 aromatic rings. The number of methoxy groups -OCH3 is 1. The Morgan fingerprint density at radius 2 is 1.70 bits per heavy atom. The third-order valence-electron chi connectivity index (χ3n) is 4.60. The van der Waals surface area contributed by atoms with Crippen LogP contribution in [0.25, 0.3) is 5.57 Å². The molecule has 1 heterocycles. The van der Waals surface area contributed by atoms with Crippen LogP contribution >= 0.6 is 23.2 Å². The molecule has 1 N–H and O–H groups in total. The Morgan fingerprint density at radius 1 is 1.00 bits per heavy atom. The van der Waals surface area contributed by atoms with Crippen molar-refractivity contribution in [2.24, 2.45) is 0 Å². The number of benzene rings is 2. The maximum Gasteiger partial charge on any atom is 0.278 e. The number of hydrogen-bond donors (Lipinski definition) is 1. The molecule has 0 saturated heterocycles. The van der Waals surface area contributed by atoms with Crippen molar-refractivity contribution in [2.75, 3.05) is 32.2 Å². The van der Waals surface area contributed by atoms with Crippen LogP contribution in [0.4, 0.5) is 5.69 Å². The molecule has 0 atom stereocenters. The van der Waals surface area contributed by atoms with E-state index in [1.807, 2.05) is 6.92 Å². The fourth-order valence-corrected chi connectivity index (χ4v) is 3.46. The highest BCUT2D eigenvalue weighted by molar-refractivity contribution is 6.37. The molecule has 0 saturated carbocycles. The number of halogens is 2. The zero-order valence-electron chi connectivity index (χ0n) is 16.7. The minimum Gasteiger partial charge on any atom is -0.495 e. The van der Waals surface area contributed by atoms with Gasteiger partial charge in [0.05, 0.1) is 18.4 Å². The number of carbonyl (C=O) groups excluding carboxylic acids is 2. The summed E-state index contributed by atoms with van der Waals surface area (Å²) < 4.78 is 10.7. The summed E-state index contributed by atoms with van der Waals surface area (Å²) in [6.07, 6.45) is 0.549. The van der Waals surface area contributed by atoms with Gasteiger partial charge in [0.2, 0.25) is 0 Å². The Hall–Kier alpha value is -2.54. The lowest BCUT2D eigenvalue weighted by Crippen LogP contribution is -2.34. The normalized spacial score (nSPS) is 13.9. The quantitative estimate of drug-likeness (QED) is 0.447. The van der Waals surface area contributed by atoms with Gasteiger partial charge in [-0.05, 0) is 49.2 Å². The van der Waals surface area contributed by atoms with E-state index in [0.29, 0.717) is 46.7 Å². The minimum absolute atomic E-state index is 0.166. The number of amides is 2. The third kappa shape index (κ3) is 4.78. The van der Waals surface area contributed by atoms with E-state index in [1.54, 1.807) is 42.5 Å². The predicted molar refractivity (Wildman–Crippen MR) is 118 cm³/mol. The van der Waals surface area contributed by atoms with Crippen molar-refractivity contribution in [1.29, 1.82) is 0 Å². The van der Waals surface area contributed by atoms with E-state index in [2.05, 4.69) is 5.32 Å². The molecule has 0 fully saturated rings. The lowest BCUT2D eigenvalue weighted by Gasteiger charge is -2.16. The van der Waals surface area contributed by atoms with Crippen molar-refractivity contribution in [3.63, 3.8) is 0 Å². The van der Waals surface area contributed by atoms with Crippen LogP contribution in [0.5, 0.6) is 5.75 Å². The molecule has 2 aromatic carbocycles. The van der Waals surface area contributed by atoms with E-state index < -0.39 is 5.91 Å². The molecule has 0 bridgehead atoms. The molecule has 30 heavy (non-hydrogen) atoms. The van der Waals surface area contributed by atoms with E-state index in [4.69, 9.17) is 32.7 Å². The molecular formula is C22H22Cl2N2O4. The standard InChI is InChI=1S/C22H22Cl2N2O4/c1-3-30-12-4-11-26-21(27)19(14-5-7-15(23)8-6-14)20(22(26)28)25-17-13-16(24)9-10-18(17)29-2/h5-10,13,25H,3-4,11-12H2,1-2H3. The molecule has 8 heteroatoms. The van der Waals surface area contributed by atoms with Gasteiger partial charge in [0.25, 0.3) is 11.8 Å². The van der Waals surface area contributed by atoms with Crippen LogP contribution in [-0.4, -0.2) is 43.6 Å². The summed E-state index contributed by atoms with van der Waals surface area (Å²) in [6, 6.07) is 11.8. The summed E-state index contributed by atoms with van der Waals surface area (Å²) in [4.78, 5) is 27.6. The Morgan fingerprint density at radius 3 is 2.37 bits per heavy atom. The first-order valence-corrected chi connectivity index (χ1v) is 10.3. The minimum atomic E-state index is -0.413. The van der Waals surface area contributed by atoms with Crippen LogP contribution in [-0.2, 0) is 14.3 Å². The van der Waals surface area contributed by atoms with Crippen LogP contribution < -0.4 is 10.1 Å². The van der Waals surface area contributed by atoms with Crippen molar-refractivity contribution in [3.8, 4) is 5.75 Å². The highest BCUT2D eigenvalue weighted by Crippen LogP contribution is 2.35. The average Bonchev–Trinajstić information content (AvgIpc) is 2.96. The summed E-state index contributed by atoms with van der Waals surface area (Å²) in [5, 5.41) is 4.08. The van der Waals surface area contributed by atoms with E-state index in [0.717, 1.165) is 0 Å². The second kappa shape index (κ2) is 9.98. The van der Waals surface area contributed by atoms with Crippen LogP contribution in [0.1, 0.15) is 18.9 Å². The van der Waals surface area contributed by atoms with E-state index in [1.165, 1.54) is 12.0 Å². The van der Waals surface area contributed by atoms with Crippen LogP contribution in [0.3, 0.4) is 0 Å². The number of anilines is 1. The predicted octanol–water partition coefficient (Wildman–Crippen LogP) is 4.62. The smallest absolute Gasteiger partial charge is 0.278 e. The maximum absolute atomic E-state index is 13.2. The molecule has 3 rings (SSSR count). The number of carbonyl (C=O) groups is 2. The molecule has 1 aliphatic rings. The van der Waals surface area contributed by atoms with Gasteiger partial charge in [0.15, 0.2) is 0 Å². The zero-order valence-corrected chi connectivity index (χ0v) is 18.2. The van der Waals surface area contributed by atoms with Gasteiger partial charge >= 0.3 is 0 Å². The highest BCUT2D eigenvalue weighted by atomic mass is 35.5. The molecular weight excluding hydrogens is 427 g/mol. The van der Waals surface area contributed by atoms with Gasteiger partial charge in [-0.25, -0.2) is 0 Å². The first kappa shape index (κ1) is 22.2. The fourth-order valence-electron chi connectivity index (χ4n) is 3.16. The Bertz CT molecular complexity index is 974. The van der Waals surface area contributed by atoms with E-state index in [9.17, 15) is 9.59 Å². The second-order valence-electron chi connectivity index (χ2n) is 6.54. The number of nitrogens with zero attached hydrogens (tertiary/aromatic N) is 1. The maximum atomic E-state index is 13.2. The summed E-state index contributed by atoms with van der Waals surface area (Å²) in [5.41, 5.74) is 1.52. The lowest BCUT2D eigenvalue weighted by molar-refractivity contribution is -0.137. The largest absolute Gasteiger partial charge is 0.495 e. The van der Waals surface area contributed by atoms with Crippen LogP contribution in [0.2, 0.25) is 10.0 Å². The molecule has 2 amide bonds. The number of nitrogens with one attached hydrogen (secondary N) is 1. The van der Waals surface area contributed by atoms with Crippen LogP contribution in [0, 0.1) is 0 Å². The van der Waals surface area contributed by atoms with Crippen LogP contribution in [0.15, 0.2) is 48.2 Å². The van der Waals surface area contributed by atoms with Crippen molar-refractivity contribution in [2.45, 2.75) is 13.3 Å². The summed E-state index contributed by atoms with van der Waals surface area (Å²) in [7, 11) is 1.52. The van der Waals surface area contributed by atoms with Gasteiger partial charge in [-0.3, -0.25) is 14.5 Å². The molecule has 0 radical (unpaired) electrons. The SMILES string of the molecule is CCOCCCN1C(=O)C(Nc2cc(Cl)ccc2OC)=C(c2ccc(Cl)cc2)C1=O. The number of rotatable bonds is 9. The molecule has 0 unspecified atom stereocenters. The Balaban J connectivity index is 1.99. The Kier molecular flexibility index (Phi) is 7.37. The molecule has 0 aromatic heterocycles. The van der Waals surface area contributed by atoms with Gasteiger partial charge in [-0.2, -0.15) is 0 Å². The molecule has 158 valence electrons.